The van der Waals surface area contributed by atoms with Gasteiger partial charge in [-0.25, -0.2) is 4.98 Å². The van der Waals surface area contributed by atoms with Crippen molar-refractivity contribution in [3.8, 4) is 6.07 Å². The smallest absolute Gasteiger partial charge is 0.239 e. The van der Waals surface area contributed by atoms with Gasteiger partial charge in [-0.2, -0.15) is 5.26 Å². The highest BCUT2D eigenvalue weighted by Gasteiger charge is 2.13. The zero-order valence-corrected chi connectivity index (χ0v) is 9.27. The third kappa shape index (κ3) is 1.78. The van der Waals surface area contributed by atoms with Crippen LogP contribution in [0.25, 0.3) is 11.0 Å². The Labute approximate surface area is 97.7 Å². The van der Waals surface area contributed by atoms with E-state index in [-0.39, 0.29) is 18.4 Å². The van der Waals surface area contributed by atoms with Crippen LogP contribution in [0.1, 0.15) is 5.56 Å². The highest BCUT2D eigenvalue weighted by Crippen LogP contribution is 2.20. The maximum Gasteiger partial charge on any atom is 0.239 e. The molecular formula is C11H11N5O. The summed E-state index contributed by atoms with van der Waals surface area (Å²) in [6.45, 7) is 0.0910. The largest absolute Gasteiger partial charge is 0.369 e. The molecule has 0 spiro atoms. The third-order valence-corrected chi connectivity index (χ3v) is 2.51. The number of nitrogens with zero attached hydrogens (tertiary/aromatic N) is 3. The molecule has 2 rings (SSSR count). The van der Waals surface area contributed by atoms with E-state index in [0.29, 0.717) is 16.6 Å². The zero-order chi connectivity index (χ0) is 12.4. The van der Waals surface area contributed by atoms with E-state index in [1.807, 2.05) is 6.07 Å². The van der Waals surface area contributed by atoms with Crippen LogP contribution in [-0.2, 0) is 11.3 Å². The van der Waals surface area contributed by atoms with Crippen LogP contribution in [0, 0.1) is 11.3 Å². The number of fused-ring (bicyclic) bond motifs is 1. The Balaban J connectivity index is 2.61. The Morgan fingerprint density at radius 3 is 3.06 bits per heavy atom. The van der Waals surface area contributed by atoms with Gasteiger partial charge in [0.25, 0.3) is 0 Å². The number of rotatable bonds is 2. The Morgan fingerprint density at radius 1 is 1.65 bits per heavy atom. The first-order chi connectivity index (χ1) is 8.17. The van der Waals surface area contributed by atoms with Crippen LogP contribution in [0.15, 0.2) is 18.2 Å². The van der Waals surface area contributed by atoms with Crippen molar-refractivity contribution in [2.24, 2.45) is 0 Å². The SMILES string of the molecule is CNC(=O)Cn1c(N)nc2c(C#N)cccc21. The van der Waals surface area contributed by atoms with Gasteiger partial charge in [0.05, 0.1) is 11.1 Å². The summed E-state index contributed by atoms with van der Waals surface area (Å²) >= 11 is 0. The monoisotopic (exact) mass is 229 g/mol. The summed E-state index contributed by atoms with van der Waals surface area (Å²) in [6, 6.07) is 7.23. The van der Waals surface area contributed by atoms with Crippen molar-refractivity contribution in [3.05, 3.63) is 23.8 Å². The standard InChI is InChI=1S/C11H11N5O/c1-14-9(17)6-16-8-4-2-3-7(5-12)10(8)15-11(16)13/h2-4H,6H2,1H3,(H2,13,15)(H,14,17). The fourth-order valence-corrected chi connectivity index (χ4v) is 1.64. The van der Waals surface area contributed by atoms with Gasteiger partial charge in [-0.1, -0.05) is 6.07 Å². The molecule has 0 aliphatic rings. The lowest BCUT2D eigenvalue weighted by molar-refractivity contribution is -0.121. The summed E-state index contributed by atoms with van der Waals surface area (Å²) in [5, 5.41) is 11.5. The van der Waals surface area contributed by atoms with Crippen LogP contribution in [0.2, 0.25) is 0 Å². The number of carbonyl (C=O) groups is 1. The fourth-order valence-electron chi connectivity index (χ4n) is 1.64. The first kappa shape index (κ1) is 11.0. The predicted molar refractivity (Wildman–Crippen MR) is 62.9 cm³/mol. The van der Waals surface area contributed by atoms with Crippen LogP contribution in [0.3, 0.4) is 0 Å². The van der Waals surface area contributed by atoms with E-state index in [9.17, 15) is 4.79 Å². The number of hydrogen-bond donors (Lipinski definition) is 2. The molecule has 0 radical (unpaired) electrons. The molecule has 0 aliphatic heterocycles. The topological polar surface area (TPSA) is 96.7 Å². The number of imidazole rings is 1. The number of nitriles is 1. The normalized spacial score (nSPS) is 10.1. The molecule has 0 fully saturated rings. The van der Waals surface area contributed by atoms with Crippen molar-refractivity contribution in [2.75, 3.05) is 12.8 Å². The molecule has 6 nitrogen and oxygen atoms in total. The molecule has 2 aromatic rings. The molecule has 0 saturated heterocycles. The third-order valence-electron chi connectivity index (χ3n) is 2.51. The van der Waals surface area contributed by atoms with Gasteiger partial charge >= 0.3 is 0 Å². The molecule has 0 saturated carbocycles. The second-order valence-corrected chi connectivity index (χ2v) is 3.51. The van der Waals surface area contributed by atoms with Crippen molar-refractivity contribution in [1.82, 2.24) is 14.9 Å². The van der Waals surface area contributed by atoms with Gasteiger partial charge in [0, 0.05) is 7.05 Å². The first-order valence-corrected chi connectivity index (χ1v) is 5.02. The number of anilines is 1. The van der Waals surface area contributed by atoms with E-state index < -0.39 is 0 Å². The number of para-hydroxylation sites is 1. The minimum absolute atomic E-state index is 0.0910. The zero-order valence-electron chi connectivity index (χ0n) is 9.27. The molecule has 0 unspecified atom stereocenters. The van der Waals surface area contributed by atoms with Crippen molar-refractivity contribution >= 4 is 22.9 Å². The lowest BCUT2D eigenvalue weighted by Gasteiger charge is -2.04. The molecule has 1 aromatic carbocycles. The predicted octanol–water partition coefficient (Wildman–Crippen LogP) is 0.236. The lowest BCUT2D eigenvalue weighted by Crippen LogP contribution is -2.24. The number of nitrogens with one attached hydrogen (secondary N) is 1. The van der Waals surface area contributed by atoms with Gasteiger partial charge in [-0.15, -0.1) is 0 Å². The van der Waals surface area contributed by atoms with Gasteiger partial charge in [0.2, 0.25) is 11.9 Å². The minimum atomic E-state index is -0.168. The Hall–Kier alpha value is -2.55. The summed E-state index contributed by atoms with van der Waals surface area (Å²) in [7, 11) is 1.55. The van der Waals surface area contributed by atoms with Gasteiger partial charge in [-0.05, 0) is 12.1 Å². The summed E-state index contributed by atoms with van der Waals surface area (Å²) < 4.78 is 1.58. The van der Waals surface area contributed by atoms with Crippen molar-refractivity contribution in [3.63, 3.8) is 0 Å². The van der Waals surface area contributed by atoms with Crippen molar-refractivity contribution < 1.29 is 4.79 Å². The second-order valence-electron chi connectivity index (χ2n) is 3.51. The van der Waals surface area contributed by atoms with E-state index in [0.717, 1.165) is 0 Å². The highest BCUT2D eigenvalue weighted by molar-refractivity contribution is 5.86. The number of carbonyl (C=O) groups excluding carboxylic acids is 1. The number of amides is 1. The molecular weight excluding hydrogens is 218 g/mol. The molecule has 0 atom stereocenters. The highest BCUT2D eigenvalue weighted by atomic mass is 16.1. The van der Waals surface area contributed by atoms with Crippen LogP contribution in [-0.4, -0.2) is 22.5 Å². The molecule has 1 aromatic heterocycles. The summed E-state index contributed by atoms with van der Waals surface area (Å²) in [6.07, 6.45) is 0. The molecule has 17 heavy (non-hydrogen) atoms. The average Bonchev–Trinajstić information content (AvgIpc) is 2.66. The number of hydrogen-bond acceptors (Lipinski definition) is 4. The maximum atomic E-state index is 11.3. The number of aromatic nitrogens is 2. The van der Waals surface area contributed by atoms with Crippen LogP contribution in [0.5, 0.6) is 0 Å². The minimum Gasteiger partial charge on any atom is -0.369 e. The molecule has 0 aliphatic carbocycles. The van der Waals surface area contributed by atoms with Crippen molar-refractivity contribution in [1.29, 1.82) is 5.26 Å². The van der Waals surface area contributed by atoms with Crippen LogP contribution < -0.4 is 11.1 Å². The van der Waals surface area contributed by atoms with E-state index in [1.165, 1.54) is 0 Å². The van der Waals surface area contributed by atoms with Gasteiger partial charge in [0.15, 0.2) is 0 Å². The second kappa shape index (κ2) is 4.14. The molecule has 0 bridgehead atoms. The molecule has 86 valence electrons. The lowest BCUT2D eigenvalue weighted by atomic mass is 10.2. The number of nitrogen functional groups attached to an aromatic ring is 1. The van der Waals surface area contributed by atoms with E-state index >= 15 is 0 Å². The Bertz CT molecular complexity index is 623. The van der Waals surface area contributed by atoms with Crippen LogP contribution in [0.4, 0.5) is 5.95 Å². The average molecular weight is 229 g/mol. The van der Waals surface area contributed by atoms with Gasteiger partial charge in [0.1, 0.15) is 18.1 Å². The number of nitrogens with two attached hydrogens (primary N) is 1. The summed E-state index contributed by atoms with van der Waals surface area (Å²) in [4.78, 5) is 15.5. The van der Waals surface area contributed by atoms with Crippen LogP contribution >= 0.6 is 0 Å². The quantitative estimate of drug-likeness (QED) is 0.770. The maximum absolute atomic E-state index is 11.3. The molecule has 1 heterocycles. The van der Waals surface area contributed by atoms with E-state index in [1.54, 1.807) is 29.8 Å². The van der Waals surface area contributed by atoms with E-state index in [2.05, 4.69) is 10.3 Å². The molecule has 6 heteroatoms. The van der Waals surface area contributed by atoms with Gasteiger partial charge < -0.3 is 15.6 Å². The summed E-state index contributed by atoms with van der Waals surface area (Å²) in [5.74, 6) is 0.0599. The first-order valence-electron chi connectivity index (χ1n) is 5.02. The Kier molecular flexibility index (Phi) is 2.66. The summed E-state index contributed by atoms with van der Waals surface area (Å²) in [5.41, 5.74) is 7.40. The van der Waals surface area contributed by atoms with E-state index in [4.69, 9.17) is 11.0 Å². The fraction of sp³-hybridized carbons (Fsp3) is 0.182. The molecule has 1 amide bonds. The molecule has 3 N–H and O–H groups in total. The van der Waals surface area contributed by atoms with Crippen molar-refractivity contribution in [2.45, 2.75) is 6.54 Å². The van der Waals surface area contributed by atoms with Gasteiger partial charge in [-0.3, -0.25) is 4.79 Å². The number of benzene rings is 1. The number of likely N-dealkylation sites (N-methyl/N-ethyl adjacent to an activating group) is 1. The Morgan fingerprint density at radius 2 is 2.41 bits per heavy atom.